The fraction of sp³-hybridized carbons (Fsp3) is 0.600. The molecule has 0 atom stereocenters. The average molecular weight is 278 g/mol. The van der Waals surface area contributed by atoms with Crippen LogP contribution in [0.25, 0.3) is 0 Å². The largest absolute Gasteiger partial charge is 0.496 e. The van der Waals surface area contributed by atoms with Crippen LogP contribution >= 0.6 is 0 Å². The van der Waals surface area contributed by atoms with E-state index in [1.807, 2.05) is 13.8 Å². The zero-order valence-corrected chi connectivity index (χ0v) is 12.4. The van der Waals surface area contributed by atoms with E-state index in [1.165, 1.54) is 0 Å². The maximum atomic E-state index is 12.5. The Hall–Kier alpha value is -1.46. The van der Waals surface area contributed by atoms with E-state index in [2.05, 4.69) is 4.98 Å². The quantitative estimate of drug-likeness (QED) is 0.899. The van der Waals surface area contributed by atoms with Crippen LogP contribution in [0.15, 0.2) is 6.20 Å². The maximum Gasteiger partial charge on any atom is 0.158 e. The third-order valence-electron chi connectivity index (χ3n) is 4.02. The van der Waals surface area contributed by atoms with E-state index in [-0.39, 0.29) is 12.2 Å². The van der Waals surface area contributed by atoms with Crippen LogP contribution < -0.4 is 10.5 Å². The molecule has 0 saturated carbocycles. The predicted molar refractivity (Wildman–Crippen MR) is 75.9 cm³/mol. The highest BCUT2D eigenvalue weighted by atomic mass is 16.5. The van der Waals surface area contributed by atoms with E-state index in [0.29, 0.717) is 26.1 Å². The molecule has 0 radical (unpaired) electrons. The number of nitrogens with zero attached hydrogens (tertiary/aromatic N) is 1. The van der Waals surface area contributed by atoms with Gasteiger partial charge in [0, 0.05) is 30.5 Å². The van der Waals surface area contributed by atoms with E-state index >= 15 is 0 Å². The third-order valence-corrected chi connectivity index (χ3v) is 4.02. The molecule has 0 amide bonds. The van der Waals surface area contributed by atoms with Gasteiger partial charge in [-0.25, -0.2) is 0 Å². The summed E-state index contributed by atoms with van der Waals surface area (Å²) >= 11 is 0. The number of carbonyl (C=O) groups is 1. The van der Waals surface area contributed by atoms with Gasteiger partial charge in [0.1, 0.15) is 5.75 Å². The molecule has 2 heterocycles. The Labute approximate surface area is 119 Å². The van der Waals surface area contributed by atoms with Crippen LogP contribution in [0.1, 0.15) is 29.7 Å². The van der Waals surface area contributed by atoms with Gasteiger partial charge in [-0.1, -0.05) is 0 Å². The monoisotopic (exact) mass is 278 g/mol. The number of methoxy groups -OCH3 is 1. The van der Waals surface area contributed by atoms with E-state index in [9.17, 15) is 4.79 Å². The number of aryl methyl sites for hydroxylation is 1. The Balaban J connectivity index is 2.19. The van der Waals surface area contributed by atoms with Crippen LogP contribution in [0.3, 0.4) is 0 Å². The number of hydrogen-bond donors (Lipinski definition) is 1. The fourth-order valence-electron chi connectivity index (χ4n) is 2.59. The second-order valence-electron chi connectivity index (χ2n) is 5.41. The normalized spacial score (nSPS) is 17.8. The fourth-order valence-corrected chi connectivity index (χ4v) is 2.59. The zero-order chi connectivity index (χ0) is 14.8. The molecule has 0 unspecified atom stereocenters. The van der Waals surface area contributed by atoms with Crippen molar-refractivity contribution in [1.29, 1.82) is 0 Å². The summed E-state index contributed by atoms with van der Waals surface area (Å²) < 4.78 is 10.6. The van der Waals surface area contributed by atoms with Crippen molar-refractivity contribution >= 4 is 5.78 Å². The van der Waals surface area contributed by atoms with Crippen molar-refractivity contribution in [3.63, 3.8) is 0 Å². The van der Waals surface area contributed by atoms with Gasteiger partial charge in [-0.15, -0.1) is 0 Å². The number of pyridine rings is 1. The number of ketones is 1. The summed E-state index contributed by atoms with van der Waals surface area (Å²) in [4.78, 5) is 16.8. The molecule has 5 nitrogen and oxygen atoms in total. The second-order valence-corrected chi connectivity index (χ2v) is 5.41. The van der Waals surface area contributed by atoms with Crippen LogP contribution in [0.4, 0.5) is 0 Å². The minimum atomic E-state index is -0.773. The molecular weight excluding hydrogens is 256 g/mol. The summed E-state index contributed by atoms with van der Waals surface area (Å²) in [6, 6.07) is 0. The van der Waals surface area contributed by atoms with Gasteiger partial charge in [-0.05, 0) is 26.7 Å². The smallest absolute Gasteiger partial charge is 0.158 e. The number of Topliss-reactive ketones (excluding diaryl/α,β-unsaturated/α-hetero) is 1. The van der Waals surface area contributed by atoms with Gasteiger partial charge >= 0.3 is 0 Å². The summed E-state index contributed by atoms with van der Waals surface area (Å²) in [5.74, 6) is 0.822. The molecular formula is C15H22N2O3. The van der Waals surface area contributed by atoms with Crippen LogP contribution in [0, 0.1) is 13.8 Å². The summed E-state index contributed by atoms with van der Waals surface area (Å²) in [7, 11) is 1.63. The number of rotatable bonds is 4. The van der Waals surface area contributed by atoms with E-state index in [4.69, 9.17) is 15.2 Å². The van der Waals surface area contributed by atoms with Gasteiger partial charge in [0.15, 0.2) is 5.78 Å². The highest BCUT2D eigenvalue weighted by molar-refractivity contribution is 5.90. The first kappa shape index (κ1) is 14.9. The summed E-state index contributed by atoms with van der Waals surface area (Å²) in [5.41, 5.74) is 8.06. The Morgan fingerprint density at radius 3 is 2.70 bits per heavy atom. The van der Waals surface area contributed by atoms with Crippen molar-refractivity contribution in [2.45, 2.75) is 38.6 Å². The van der Waals surface area contributed by atoms with Gasteiger partial charge in [0.2, 0.25) is 0 Å². The molecule has 0 bridgehead atoms. The lowest BCUT2D eigenvalue weighted by Gasteiger charge is -2.31. The topological polar surface area (TPSA) is 74.4 Å². The van der Waals surface area contributed by atoms with Crippen molar-refractivity contribution in [2.75, 3.05) is 20.3 Å². The lowest BCUT2D eigenvalue weighted by atomic mass is 9.84. The molecule has 1 aromatic heterocycles. The molecule has 1 saturated heterocycles. The molecule has 2 N–H and O–H groups in total. The van der Waals surface area contributed by atoms with E-state index < -0.39 is 5.54 Å². The second kappa shape index (κ2) is 5.89. The van der Waals surface area contributed by atoms with Crippen LogP contribution in [-0.2, 0) is 16.0 Å². The Morgan fingerprint density at radius 1 is 1.45 bits per heavy atom. The molecule has 1 aliphatic rings. The highest BCUT2D eigenvalue weighted by Gasteiger charge is 2.35. The first-order chi connectivity index (χ1) is 9.48. The van der Waals surface area contributed by atoms with E-state index in [0.717, 1.165) is 22.6 Å². The van der Waals surface area contributed by atoms with Gasteiger partial charge in [0.05, 0.1) is 24.8 Å². The minimum Gasteiger partial charge on any atom is -0.496 e. The Bertz CT molecular complexity index is 508. The predicted octanol–water partition coefficient (Wildman–Crippen LogP) is 1.33. The van der Waals surface area contributed by atoms with Gasteiger partial charge in [-0.2, -0.15) is 0 Å². The maximum absolute atomic E-state index is 12.5. The molecule has 1 aromatic rings. The lowest BCUT2D eigenvalue weighted by molar-refractivity contribution is -0.126. The zero-order valence-electron chi connectivity index (χ0n) is 12.4. The third kappa shape index (κ3) is 2.83. The molecule has 110 valence electrons. The SMILES string of the molecule is COc1c(C)cnc(CC(=O)C2(N)CCOCC2)c1C. The van der Waals surface area contributed by atoms with E-state index in [1.54, 1.807) is 13.3 Å². The first-order valence-electron chi connectivity index (χ1n) is 6.87. The minimum absolute atomic E-state index is 0.0299. The molecule has 1 aliphatic heterocycles. The highest BCUT2D eigenvalue weighted by Crippen LogP contribution is 2.26. The number of nitrogens with two attached hydrogens (primary N) is 1. The molecule has 0 aliphatic carbocycles. The van der Waals surface area contributed by atoms with Gasteiger partial charge in [-0.3, -0.25) is 9.78 Å². The number of hydrogen-bond acceptors (Lipinski definition) is 5. The van der Waals surface area contributed by atoms with Gasteiger partial charge in [0.25, 0.3) is 0 Å². The molecule has 1 fully saturated rings. The molecule has 5 heteroatoms. The summed E-state index contributed by atoms with van der Waals surface area (Å²) in [6.45, 7) is 4.96. The van der Waals surface area contributed by atoms with Crippen molar-refractivity contribution in [3.05, 3.63) is 23.0 Å². The molecule has 20 heavy (non-hydrogen) atoms. The number of ether oxygens (including phenoxy) is 2. The van der Waals surface area contributed by atoms with Crippen LogP contribution in [-0.4, -0.2) is 36.6 Å². The standard InChI is InChI=1S/C15H22N2O3/c1-10-9-17-12(11(2)14(10)19-3)8-13(18)15(16)4-6-20-7-5-15/h9H,4-8,16H2,1-3H3. The Morgan fingerprint density at radius 2 is 2.10 bits per heavy atom. The van der Waals surface area contributed by atoms with Gasteiger partial charge < -0.3 is 15.2 Å². The van der Waals surface area contributed by atoms with Crippen molar-refractivity contribution in [3.8, 4) is 5.75 Å². The van der Waals surface area contributed by atoms with Crippen molar-refractivity contribution < 1.29 is 14.3 Å². The molecule has 2 rings (SSSR count). The van der Waals surface area contributed by atoms with Crippen LogP contribution in [0.5, 0.6) is 5.75 Å². The first-order valence-corrected chi connectivity index (χ1v) is 6.87. The average Bonchev–Trinajstić information content (AvgIpc) is 2.43. The summed E-state index contributed by atoms with van der Waals surface area (Å²) in [6.07, 6.45) is 3.14. The lowest BCUT2D eigenvalue weighted by Crippen LogP contribution is -2.52. The Kier molecular flexibility index (Phi) is 4.40. The summed E-state index contributed by atoms with van der Waals surface area (Å²) in [5, 5.41) is 0. The number of carbonyl (C=O) groups excluding carboxylic acids is 1. The number of aromatic nitrogens is 1. The van der Waals surface area contributed by atoms with Crippen molar-refractivity contribution in [2.24, 2.45) is 5.73 Å². The molecule has 0 spiro atoms. The van der Waals surface area contributed by atoms with Crippen LogP contribution in [0.2, 0.25) is 0 Å². The molecule has 0 aromatic carbocycles. The van der Waals surface area contributed by atoms with Crippen molar-refractivity contribution in [1.82, 2.24) is 4.98 Å².